The van der Waals surface area contributed by atoms with Crippen molar-refractivity contribution in [1.29, 1.82) is 0 Å². The van der Waals surface area contributed by atoms with Gasteiger partial charge in [0.05, 0.1) is 6.04 Å². The zero-order valence-corrected chi connectivity index (χ0v) is 10.8. The Morgan fingerprint density at radius 2 is 1.90 bits per heavy atom. The summed E-state index contributed by atoms with van der Waals surface area (Å²) in [6, 6.07) is 0.569. The standard InChI is InChI=1S/C13H13F3N4/c1-9-12-18-17-8-19(12)6-7-20(9)13(15,16)10-2-4-11(14)5-3-10/h2-5,8-9H,6-7H2,1H3. The van der Waals surface area contributed by atoms with Crippen LogP contribution in [0.1, 0.15) is 24.4 Å². The fourth-order valence-corrected chi connectivity index (χ4v) is 2.51. The monoisotopic (exact) mass is 282 g/mol. The number of benzene rings is 1. The Morgan fingerprint density at radius 3 is 2.60 bits per heavy atom. The second kappa shape index (κ2) is 4.59. The molecule has 0 radical (unpaired) electrons. The fraction of sp³-hybridized carbons (Fsp3) is 0.385. The third-order valence-corrected chi connectivity index (χ3v) is 3.62. The summed E-state index contributed by atoms with van der Waals surface area (Å²) in [4.78, 5) is 1.06. The molecule has 1 aliphatic rings. The van der Waals surface area contributed by atoms with E-state index in [9.17, 15) is 13.2 Å². The molecular formula is C13H13F3N4. The zero-order valence-electron chi connectivity index (χ0n) is 10.8. The molecule has 0 N–H and O–H groups in total. The third kappa shape index (κ3) is 1.98. The Hall–Kier alpha value is -1.89. The number of fused-ring (bicyclic) bond motifs is 1. The Balaban J connectivity index is 1.94. The molecule has 0 aliphatic carbocycles. The minimum atomic E-state index is -3.18. The summed E-state index contributed by atoms with van der Waals surface area (Å²) in [6.07, 6.45) is 1.54. The normalized spacial score (nSPS) is 19.9. The van der Waals surface area contributed by atoms with Crippen molar-refractivity contribution in [2.24, 2.45) is 0 Å². The van der Waals surface area contributed by atoms with Crippen molar-refractivity contribution in [1.82, 2.24) is 19.7 Å². The van der Waals surface area contributed by atoms with Crippen LogP contribution in [0.3, 0.4) is 0 Å². The quantitative estimate of drug-likeness (QED) is 0.794. The van der Waals surface area contributed by atoms with Crippen LogP contribution in [0.2, 0.25) is 0 Å². The van der Waals surface area contributed by atoms with Gasteiger partial charge in [0.25, 0.3) is 0 Å². The molecule has 20 heavy (non-hydrogen) atoms. The molecular weight excluding hydrogens is 269 g/mol. The highest BCUT2D eigenvalue weighted by molar-refractivity contribution is 5.21. The first-order valence-electron chi connectivity index (χ1n) is 6.28. The zero-order chi connectivity index (χ0) is 14.3. The number of rotatable bonds is 2. The van der Waals surface area contributed by atoms with E-state index in [0.29, 0.717) is 12.4 Å². The highest BCUT2D eigenvalue weighted by Crippen LogP contribution is 2.39. The van der Waals surface area contributed by atoms with Gasteiger partial charge >= 0.3 is 6.05 Å². The van der Waals surface area contributed by atoms with Crippen LogP contribution in [0.4, 0.5) is 13.2 Å². The van der Waals surface area contributed by atoms with Crippen molar-refractivity contribution in [3.8, 4) is 0 Å². The molecule has 1 aliphatic heterocycles. The molecule has 0 fully saturated rings. The van der Waals surface area contributed by atoms with Crippen LogP contribution in [0.5, 0.6) is 0 Å². The van der Waals surface area contributed by atoms with Crippen LogP contribution in [0.15, 0.2) is 30.6 Å². The molecule has 0 spiro atoms. The van der Waals surface area contributed by atoms with Crippen LogP contribution in [0.25, 0.3) is 0 Å². The van der Waals surface area contributed by atoms with E-state index >= 15 is 0 Å². The van der Waals surface area contributed by atoms with Crippen molar-refractivity contribution < 1.29 is 13.2 Å². The van der Waals surface area contributed by atoms with E-state index in [1.807, 2.05) is 0 Å². The Bertz CT molecular complexity index is 608. The summed E-state index contributed by atoms with van der Waals surface area (Å²) in [6.45, 7) is 2.25. The van der Waals surface area contributed by atoms with Crippen molar-refractivity contribution in [2.45, 2.75) is 25.6 Å². The molecule has 2 aromatic rings. The van der Waals surface area contributed by atoms with Crippen LogP contribution < -0.4 is 0 Å². The smallest absolute Gasteiger partial charge is 0.315 e. The second-order valence-corrected chi connectivity index (χ2v) is 4.80. The predicted molar refractivity (Wildman–Crippen MR) is 65.4 cm³/mol. The van der Waals surface area contributed by atoms with Gasteiger partial charge < -0.3 is 4.57 Å². The Kier molecular flexibility index (Phi) is 3.01. The summed E-state index contributed by atoms with van der Waals surface area (Å²) in [7, 11) is 0. The number of nitrogens with zero attached hydrogens (tertiary/aromatic N) is 4. The fourth-order valence-electron chi connectivity index (χ4n) is 2.51. The Labute approximate surface area is 113 Å². The molecule has 0 amide bonds. The van der Waals surface area contributed by atoms with Gasteiger partial charge in [0, 0.05) is 18.7 Å². The summed E-state index contributed by atoms with van der Waals surface area (Å²) in [5.74, 6) is -0.0194. The molecule has 106 valence electrons. The lowest BCUT2D eigenvalue weighted by Gasteiger charge is -2.38. The van der Waals surface area contributed by atoms with Crippen LogP contribution in [-0.2, 0) is 12.6 Å². The van der Waals surface area contributed by atoms with E-state index in [2.05, 4.69) is 10.2 Å². The van der Waals surface area contributed by atoms with Gasteiger partial charge in [0.2, 0.25) is 0 Å². The van der Waals surface area contributed by atoms with E-state index in [0.717, 1.165) is 29.2 Å². The lowest BCUT2D eigenvalue weighted by molar-refractivity contribution is -0.180. The number of hydrogen-bond acceptors (Lipinski definition) is 3. The van der Waals surface area contributed by atoms with Gasteiger partial charge in [-0.05, 0) is 31.2 Å². The minimum Gasteiger partial charge on any atom is -0.315 e. The number of aromatic nitrogens is 3. The first kappa shape index (κ1) is 13.1. The van der Waals surface area contributed by atoms with Gasteiger partial charge in [0.15, 0.2) is 0 Å². The minimum absolute atomic E-state index is 0.177. The highest BCUT2D eigenvalue weighted by atomic mass is 19.3. The highest BCUT2D eigenvalue weighted by Gasteiger charge is 2.44. The summed E-state index contributed by atoms with van der Waals surface area (Å²) in [5, 5.41) is 7.63. The molecule has 0 saturated heterocycles. The van der Waals surface area contributed by atoms with Gasteiger partial charge in [0.1, 0.15) is 18.0 Å². The summed E-state index contributed by atoms with van der Waals surface area (Å²) < 4.78 is 43.8. The lowest BCUT2D eigenvalue weighted by atomic mass is 10.1. The van der Waals surface area contributed by atoms with Crippen LogP contribution >= 0.6 is 0 Å². The van der Waals surface area contributed by atoms with Crippen molar-refractivity contribution in [3.63, 3.8) is 0 Å². The van der Waals surface area contributed by atoms with Gasteiger partial charge in [-0.1, -0.05) is 0 Å². The number of alkyl halides is 2. The van der Waals surface area contributed by atoms with E-state index in [1.165, 1.54) is 0 Å². The molecule has 0 saturated carbocycles. The second-order valence-electron chi connectivity index (χ2n) is 4.80. The maximum Gasteiger partial charge on any atom is 0.332 e. The first-order chi connectivity index (χ1) is 9.50. The summed E-state index contributed by atoms with van der Waals surface area (Å²) >= 11 is 0. The molecule has 1 aromatic heterocycles. The Morgan fingerprint density at radius 1 is 1.20 bits per heavy atom. The van der Waals surface area contributed by atoms with Gasteiger partial charge in [-0.25, -0.2) is 9.29 Å². The molecule has 3 rings (SSSR count). The van der Waals surface area contributed by atoms with Crippen LogP contribution in [-0.4, -0.2) is 26.2 Å². The van der Waals surface area contributed by atoms with Crippen LogP contribution in [0, 0.1) is 5.82 Å². The van der Waals surface area contributed by atoms with E-state index in [-0.39, 0.29) is 12.1 Å². The first-order valence-corrected chi connectivity index (χ1v) is 6.28. The molecule has 1 aromatic carbocycles. The average Bonchev–Trinajstić information content (AvgIpc) is 2.88. The molecule has 7 heteroatoms. The van der Waals surface area contributed by atoms with E-state index in [1.54, 1.807) is 17.8 Å². The largest absolute Gasteiger partial charge is 0.332 e. The SMILES string of the molecule is CC1c2nncn2CCN1C(F)(F)c1ccc(F)cc1. The van der Waals surface area contributed by atoms with Gasteiger partial charge in [-0.3, -0.25) is 0 Å². The van der Waals surface area contributed by atoms with Gasteiger partial charge in [-0.15, -0.1) is 10.2 Å². The third-order valence-electron chi connectivity index (χ3n) is 3.62. The predicted octanol–water partition coefficient (Wildman–Crippen LogP) is 2.54. The molecule has 4 nitrogen and oxygen atoms in total. The average molecular weight is 282 g/mol. The molecule has 0 bridgehead atoms. The molecule has 2 heterocycles. The van der Waals surface area contributed by atoms with Gasteiger partial charge in [-0.2, -0.15) is 8.78 Å². The lowest BCUT2D eigenvalue weighted by Crippen LogP contribution is -2.46. The van der Waals surface area contributed by atoms with Crippen molar-refractivity contribution >= 4 is 0 Å². The maximum absolute atomic E-state index is 14.6. The van der Waals surface area contributed by atoms with Crippen molar-refractivity contribution in [2.75, 3.05) is 6.54 Å². The van der Waals surface area contributed by atoms with E-state index < -0.39 is 17.9 Å². The number of halogens is 3. The summed E-state index contributed by atoms with van der Waals surface area (Å²) in [5.41, 5.74) is -0.223. The topological polar surface area (TPSA) is 34.0 Å². The molecule has 1 atom stereocenters. The molecule has 1 unspecified atom stereocenters. The maximum atomic E-state index is 14.6. The van der Waals surface area contributed by atoms with E-state index in [4.69, 9.17) is 0 Å². The van der Waals surface area contributed by atoms with Crippen molar-refractivity contribution in [3.05, 3.63) is 47.8 Å². The number of hydrogen-bond donors (Lipinski definition) is 0.